The Kier molecular flexibility index (Phi) is 6.74. The topological polar surface area (TPSA) is 133 Å². The zero-order valence-corrected chi connectivity index (χ0v) is 18.8. The molecule has 0 aliphatic carbocycles. The number of methoxy groups -OCH3 is 1. The monoisotopic (exact) mass is 480 g/mol. The number of carbonyl (C=O) groups is 1. The standard InChI is InChI=1S/C23H20N4O6S/c1-31-19-5-2-3-6-20(19)32-15-17-9-12-21(33-17)22(28)26-16-7-10-18(11-8-16)34(29,30)27-23-24-13-4-14-25-23/h2-14H,15H2,1H3,(H,26,28)(H,24,25,27). The number of carbonyl (C=O) groups excluding carboxylic acids is 1. The Labute approximate surface area is 195 Å². The van der Waals surface area contributed by atoms with E-state index in [1.54, 1.807) is 31.4 Å². The van der Waals surface area contributed by atoms with Crippen LogP contribution in [0.5, 0.6) is 11.5 Å². The molecule has 0 spiro atoms. The number of hydrogen-bond acceptors (Lipinski definition) is 8. The van der Waals surface area contributed by atoms with Crippen LogP contribution in [0.1, 0.15) is 16.3 Å². The van der Waals surface area contributed by atoms with Gasteiger partial charge >= 0.3 is 0 Å². The first-order chi connectivity index (χ1) is 16.4. The molecule has 11 heteroatoms. The number of nitrogens with zero attached hydrogens (tertiary/aromatic N) is 2. The summed E-state index contributed by atoms with van der Waals surface area (Å²) in [5.74, 6) is 1.14. The van der Waals surface area contributed by atoms with Gasteiger partial charge in [0.15, 0.2) is 17.3 Å². The predicted octanol–water partition coefficient (Wildman–Crippen LogP) is 3.71. The Hall–Kier alpha value is -4.38. The molecule has 2 aromatic heterocycles. The van der Waals surface area contributed by atoms with Crippen LogP contribution in [0.3, 0.4) is 0 Å². The zero-order chi connectivity index (χ0) is 24.0. The van der Waals surface area contributed by atoms with Gasteiger partial charge in [0, 0.05) is 18.1 Å². The number of amides is 1. The summed E-state index contributed by atoms with van der Waals surface area (Å²) in [5.41, 5.74) is 0.392. The van der Waals surface area contributed by atoms with Crippen molar-refractivity contribution < 1.29 is 27.1 Å². The lowest BCUT2D eigenvalue weighted by Crippen LogP contribution is -2.15. The van der Waals surface area contributed by atoms with E-state index < -0.39 is 15.9 Å². The van der Waals surface area contributed by atoms with Crippen LogP contribution in [0.2, 0.25) is 0 Å². The molecule has 4 rings (SSSR count). The Balaban J connectivity index is 1.36. The van der Waals surface area contributed by atoms with Gasteiger partial charge in [-0.1, -0.05) is 12.1 Å². The molecule has 4 aromatic rings. The smallest absolute Gasteiger partial charge is 0.291 e. The van der Waals surface area contributed by atoms with Gasteiger partial charge in [-0.25, -0.2) is 23.1 Å². The molecule has 1 amide bonds. The zero-order valence-electron chi connectivity index (χ0n) is 18.0. The molecular weight excluding hydrogens is 460 g/mol. The fourth-order valence-corrected chi connectivity index (χ4v) is 3.86. The first-order valence-electron chi connectivity index (χ1n) is 10.0. The van der Waals surface area contributed by atoms with Gasteiger partial charge in [-0.05, 0) is 54.6 Å². The highest BCUT2D eigenvalue weighted by molar-refractivity contribution is 7.92. The van der Waals surface area contributed by atoms with Crippen LogP contribution in [0.15, 0.2) is 88.4 Å². The van der Waals surface area contributed by atoms with Crippen molar-refractivity contribution in [2.45, 2.75) is 11.5 Å². The highest BCUT2D eigenvalue weighted by Crippen LogP contribution is 2.27. The quantitative estimate of drug-likeness (QED) is 0.370. The lowest BCUT2D eigenvalue weighted by atomic mass is 10.3. The van der Waals surface area contributed by atoms with E-state index in [9.17, 15) is 13.2 Å². The Morgan fingerprint density at radius 3 is 2.35 bits per heavy atom. The second kappa shape index (κ2) is 10.0. The summed E-state index contributed by atoms with van der Waals surface area (Å²) in [7, 11) is -2.32. The maximum Gasteiger partial charge on any atom is 0.291 e. The number of anilines is 2. The summed E-state index contributed by atoms with van der Waals surface area (Å²) < 4.78 is 43.7. The molecule has 0 bridgehead atoms. The number of aromatic nitrogens is 2. The SMILES string of the molecule is COc1ccccc1OCc1ccc(C(=O)Nc2ccc(S(=O)(=O)Nc3ncccn3)cc2)o1. The summed E-state index contributed by atoms with van der Waals surface area (Å²) >= 11 is 0. The molecule has 0 aliphatic rings. The fourth-order valence-electron chi connectivity index (χ4n) is 2.91. The van der Waals surface area contributed by atoms with Crippen molar-refractivity contribution in [3.63, 3.8) is 0 Å². The van der Waals surface area contributed by atoms with E-state index in [1.165, 1.54) is 42.7 Å². The molecule has 2 heterocycles. The molecule has 0 aliphatic heterocycles. The number of sulfonamides is 1. The fraction of sp³-hybridized carbons (Fsp3) is 0.0870. The highest BCUT2D eigenvalue weighted by Gasteiger charge is 2.17. The van der Waals surface area contributed by atoms with Crippen LogP contribution in [-0.4, -0.2) is 31.4 Å². The van der Waals surface area contributed by atoms with Crippen molar-refractivity contribution in [1.82, 2.24) is 9.97 Å². The predicted molar refractivity (Wildman–Crippen MR) is 123 cm³/mol. The van der Waals surface area contributed by atoms with E-state index in [1.807, 2.05) is 12.1 Å². The average molecular weight is 481 g/mol. The minimum atomic E-state index is -3.87. The van der Waals surface area contributed by atoms with Crippen molar-refractivity contribution in [2.75, 3.05) is 17.1 Å². The first kappa shape index (κ1) is 22.8. The number of hydrogen-bond donors (Lipinski definition) is 2. The van der Waals surface area contributed by atoms with Crippen LogP contribution in [0.4, 0.5) is 11.6 Å². The number of rotatable bonds is 9. The number of ether oxygens (including phenoxy) is 2. The van der Waals surface area contributed by atoms with Gasteiger partial charge in [-0.2, -0.15) is 0 Å². The van der Waals surface area contributed by atoms with E-state index in [0.29, 0.717) is 22.9 Å². The maximum atomic E-state index is 12.5. The van der Waals surface area contributed by atoms with Gasteiger partial charge < -0.3 is 19.2 Å². The van der Waals surface area contributed by atoms with Crippen molar-refractivity contribution in [2.24, 2.45) is 0 Å². The minimum Gasteiger partial charge on any atom is -0.493 e. The third-order valence-corrected chi connectivity index (χ3v) is 5.88. The summed E-state index contributed by atoms with van der Waals surface area (Å²) in [4.78, 5) is 20.2. The molecule has 0 radical (unpaired) electrons. The van der Waals surface area contributed by atoms with Crippen LogP contribution < -0.4 is 19.5 Å². The van der Waals surface area contributed by atoms with E-state index in [2.05, 4.69) is 20.0 Å². The highest BCUT2D eigenvalue weighted by atomic mass is 32.2. The van der Waals surface area contributed by atoms with Crippen molar-refractivity contribution in [1.29, 1.82) is 0 Å². The van der Waals surface area contributed by atoms with Gasteiger partial charge in [-0.15, -0.1) is 0 Å². The Morgan fingerprint density at radius 1 is 0.941 bits per heavy atom. The van der Waals surface area contributed by atoms with Gasteiger partial charge in [0.05, 0.1) is 12.0 Å². The molecular formula is C23H20N4O6S. The Morgan fingerprint density at radius 2 is 1.65 bits per heavy atom. The first-order valence-corrected chi connectivity index (χ1v) is 11.5. The molecule has 10 nitrogen and oxygen atoms in total. The molecule has 0 saturated carbocycles. The molecule has 0 atom stereocenters. The molecule has 34 heavy (non-hydrogen) atoms. The van der Waals surface area contributed by atoms with Crippen molar-refractivity contribution in [3.05, 3.63) is 90.6 Å². The molecule has 0 saturated heterocycles. The summed E-state index contributed by atoms with van der Waals surface area (Å²) in [6.07, 6.45) is 2.85. The number of benzene rings is 2. The molecule has 2 N–H and O–H groups in total. The van der Waals surface area contributed by atoms with Crippen LogP contribution in [0, 0.1) is 0 Å². The second-order valence-electron chi connectivity index (χ2n) is 6.86. The largest absolute Gasteiger partial charge is 0.493 e. The number of nitrogens with one attached hydrogen (secondary N) is 2. The number of para-hydroxylation sites is 2. The normalized spacial score (nSPS) is 11.0. The molecule has 0 unspecified atom stereocenters. The van der Waals surface area contributed by atoms with Crippen LogP contribution in [-0.2, 0) is 16.6 Å². The summed E-state index contributed by atoms with van der Waals surface area (Å²) in [6.45, 7) is 0.109. The third kappa shape index (κ3) is 5.51. The van der Waals surface area contributed by atoms with E-state index in [0.717, 1.165) is 0 Å². The van der Waals surface area contributed by atoms with Crippen LogP contribution >= 0.6 is 0 Å². The summed E-state index contributed by atoms with van der Waals surface area (Å²) in [6, 6.07) is 17.6. The lowest BCUT2D eigenvalue weighted by Gasteiger charge is -2.09. The molecule has 2 aromatic carbocycles. The molecule has 174 valence electrons. The van der Waals surface area contributed by atoms with Crippen molar-refractivity contribution in [3.8, 4) is 11.5 Å². The number of furan rings is 1. The minimum absolute atomic E-state index is 0.00766. The molecule has 0 fully saturated rings. The second-order valence-corrected chi connectivity index (χ2v) is 8.54. The van der Waals surface area contributed by atoms with E-state index >= 15 is 0 Å². The van der Waals surface area contributed by atoms with E-state index in [-0.39, 0.29) is 23.2 Å². The Bertz CT molecular complexity index is 1370. The van der Waals surface area contributed by atoms with Gasteiger partial charge in [0.2, 0.25) is 5.95 Å². The average Bonchev–Trinajstić information content (AvgIpc) is 3.33. The van der Waals surface area contributed by atoms with Crippen molar-refractivity contribution >= 4 is 27.6 Å². The van der Waals surface area contributed by atoms with Gasteiger partial charge in [-0.3, -0.25) is 4.79 Å². The van der Waals surface area contributed by atoms with Crippen LogP contribution in [0.25, 0.3) is 0 Å². The van der Waals surface area contributed by atoms with E-state index in [4.69, 9.17) is 13.9 Å². The summed E-state index contributed by atoms with van der Waals surface area (Å²) in [5, 5.41) is 2.66. The van der Waals surface area contributed by atoms with Gasteiger partial charge in [0.1, 0.15) is 12.4 Å². The maximum absolute atomic E-state index is 12.5. The third-order valence-electron chi connectivity index (χ3n) is 4.54. The lowest BCUT2D eigenvalue weighted by molar-refractivity contribution is 0.0992. The van der Waals surface area contributed by atoms with Gasteiger partial charge in [0.25, 0.3) is 15.9 Å².